The third kappa shape index (κ3) is 10.7. The highest BCUT2D eigenvalue weighted by molar-refractivity contribution is 6.88. The average molecular weight is 461 g/mol. The Balaban J connectivity index is 2.77. The molecule has 0 amide bonds. The van der Waals surface area contributed by atoms with Crippen LogP contribution in [0.4, 0.5) is 0 Å². The van der Waals surface area contributed by atoms with Gasteiger partial charge in [-0.3, -0.25) is 0 Å². The molecule has 0 spiro atoms. The minimum Gasteiger partial charge on any atom is -0.459 e. The third-order valence-electron chi connectivity index (χ3n) is 4.42. The molecule has 0 N–H and O–H groups in total. The second-order valence-corrected chi connectivity index (χ2v) is 22.6. The molecule has 1 aliphatic rings. The van der Waals surface area contributed by atoms with Gasteiger partial charge in [0.2, 0.25) is 0 Å². The second-order valence-electron chi connectivity index (χ2n) is 9.81. The van der Waals surface area contributed by atoms with Gasteiger partial charge < -0.3 is 17.7 Å². The summed E-state index contributed by atoms with van der Waals surface area (Å²) in [6.07, 6.45) is 8.04. The number of rotatable bonds is 10. The molecule has 0 aromatic carbocycles. The molecule has 0 aromatic rings. The van der Waals surface area contributed by atoms with Crippen LogP contribution >= 0.6 is 0 Å². The van der Waals surface area contributed by atoms with Crippen molar-refractivity contribution < 1.29 is 27.3 Å². The predicted octanol–water partition coefficient (Wildman–Crippen LogP) is 5.05. The average Bonchev–Trinajstić information content (AvgIpc) is 2.55. The zero-order valence-electron chi connectivity index (χ0n) is 19.5. The summed E-state index contributed by atoms with van der Waals surface area (Å²) in [5.74, 6) is -1.05. The maximum atomic E-state index is 12.4. The van der Waals surface area contributed by atoms with Gasteiger partial charge in [0.25, 0.3) is 0 Å². The molecular formula is C20H40O6Si3. The smallest absolute Gasteiger partial charge is 0.356 e. The zero-order chi connectivity index (χ0) is 22.3. The van der Waals surface area contributed by atoms with Crippen molar-refractivity contribution in [1.29, 1.82) is 0 Å². The largest absolute Gasteiger partial charge is 0.459 e. The first kappa shape index (κ1) is 26.3. The van der Waals surface area contributed by atoms with Gasteiger partial charge in [0.05, 0.1) is 0 Å². The second kappa shape index (κ2) is 11.0. The van der Waals surface area contributed by atoms with Crippen molar-refractivity contribution in [3.63, 3.8) is 0 Å². The Kier molecular flexibility index (Phi) is 10.0. The lowest BCUT2D eigenvalue weighted by molar-refractivity contribution is -0.145. The van der Waals surface area contributed by atoms with Crippen LogP contribution in [0.3, 0.4) is 0 Å². The fourth-order valence-corrected chi connectivity index (χ4v) is 16.0. The van der Waals surface area contributed by atoms with Crippen molar-refractivity contribution in [3.8, 4) is 0 Å². The van der Waals surface area contributed by atoms with Crippen LogP contribution in [0.15, 0.2) is 12.2 Å². The number of carbonyl (C=O) groups excluding carboxylic acids is 2. The van der Waals surface area contributed by atoms with Gasteiger partial charge in [-0.1, -0.05) is 13.3 Å². The molecule has 9 heteroatoms. The van der Waals surface area contributed by atoms with Crippen molar-refractivity contribution in [2.75, 3.05) is 0 Å². The van der Waals surface area contributed by atoms with Crippen molar-refractivity contribution in [2.24, 2.45) is 0 Å². The van der Waals surface area contributed by atoms with E-state index in [4.69, 9.17) is 17.7 Å². The Morgan fingerprint density at radius 2 is 1.34 bits per heavy atom. The molecule has 1 rings (SSSR count). The molecule has 29 heavy (non-hydrogen) atoms. The van der Waals surface area contributed by atoms with E-state index >= 15 is 0 Å². The Hall–Kier alpha value is -0.749. The van der Waals surface area contributed by atoms with Crippen LogP contribution in [-0.2, 0) is 27.3 Å². The number of carbonyl (C=O) groups is 2. The molecule has 0 aromatic heterocycles. The van der Waals surface area contributed by atoms with Gasteiger partial charge in [0.15, 0.2) is 16.6 Å². The molecule has 1 aliphatic carbocycles. The van der Waals surface area contributed by atoms with Crippen LogP contribution in [0.2, 0.25) is 45.8 Å². The third-order valence-corrected chi connectivity index (χ3v) is 14.3. The summed E-state index contributed by atoms with van der Waals surface area (Å²) in [6.45, 7) is 16.6. The first-order chi connectivity index (χ1) is 13.2. The summed E-state index contributed by atoms with van der Waals surface area (Å²) >= 11 is 0. The molecule has 0 radical (unpaired) electrons. The van der Waals surface area contributed by atoms with Crippen molar-refractivity contribution in [1.82, 2.24) is 0 Å². The Labute approximate surface area is 179 Å². The van der Waals surface area contributed by atoms with Crippen molar-refractivity contribution in [2.45, 2.75) is 103 Å². The van der Waals surface area contributed by atoms with E-state index in [0.717, 1.165) is 31.8 Å². The first-order valence-corrected chi connectivity index (χ1v) is 19.9. The molecule has 0 aliphatic heterocycles. The number of hydrogen-bond donors (Lipinski definition) is 0. The van der Waals surface area contributed by atoms with E-state index in [9.17, 15) is 9.59 Å². The lowest BCUT2D eigenvalue weighted by Crippen LogP contribution is -2.60. The topological polar surface area (TPSA) is 71.1 Å². The van der Waals surface area contributed by atoms with E-state index < -0.39 is 42.9 Å². The van der Waals surface area contributed by atoms with E-state index in [0.29, 0.717) is 6.42 Å². The lowest BCUT2D eigenvalue weighted by Gasteiger charge is -2.42. The SMILES string of the molecule is CCC(OC(=O)/C=C/C(=O)OC1CCCCC1)[Si](C)(O[Si](C)(C)C)O[Si](C)(C)C. The van der Waals surface area contributed by atoms with Gasteiger partial charge in [0, 0.05) is 12.2 Å². The van der Waals surface area contributed by atoms with E-state index in [1.165, 1.54) is 12.5 Å². The van der Waals surface area contributed by atoms with Gasteiger partial charge in [-0.05, 0) is 77.9 Å². The van der Waals surface area contributed by atoms with Gasteiger partial charge in [-0.15, -0.1) is 0 Å². The summed E-state index contributed by atoms with van der Waals surface area (Å²) in [5.41, 5.74) is -0.438. The Bertz CT molecular complexity index is 558. The molecule has 1 saturated carbocycles. The minimum absolute atomic E-state index is 0.0358. The monoisotopic (exact) mass is 460 g/mol. The molecule has 0 heterocycles. The normalized spacial score (nSPS) is 17.9. The van der Waals surface area contributed by atoms with E-state index in [1.807, 2.05) is 13.5 Å². The maximum absolute atomic E-state index is 12.4. The van der Waals surface area contributed by atoms with Gasteiger partial charge in [-0.25, -0.2) is 9.59 Å². The molecule has 1 unspecified atom stereocenters. The molecule has 168 valence electrons. The van der Waals surface area contributed by atoms with Gasteiger partial charge in [-0.2, -0.15) is 0 Å². The summed E-state index contributed by atoms with van der Waals surface area (Å²) in [6, 6.07) is 0. The fourth-order valence-electron chi connectivity index (χ4n) is 3.63. The van der Waals surface area contributed by atoms with Gasteiger partial charge in [0.1, 0.15) is 11.8 Å². The minimum atomic E-state index is -2.77. The molecule has 1 fully saturated rings. The Morgan fingerprint density at radius 1 is 0.862 bits per heavy atom. The van der Waals surface area contributed by atoms with E-state index in [1.54, 1.807) is 0 Å². The Morgan fingerprint density at radius 3 is 1.79 bits per heavy atom. The summed E-state index contributed by atoms with van der Waals surface area (Å²) in [7, 11) is -6.59. The summed E-state index contributed by atoms with van der Waals surface area (Å²) in [5, 5.41) is 0. The summed E-state index contributed by atoms with van der Waals surface area (Å²) in [4.78, 5) is 24.4. The van der Waals surface area contributed by atoms with Crippen LogP contribution in [0.5, 0.6) is 0 Å². The van der Waals surface area contributed by atoms with Crippen molar-refractivity contribution in [3.05, 3.63) is 12.2 Å². The molecule has 6 nitrogen and oxygen atoms in total. The number of esters is 2. The molecular weight excluding hydrogens is 420 g/mol. The van der Waals surface area contributed by atoms with Crippen LogP contribution in [0.1, 0.15) is 45.4 Å². The maximum Gasteiger partial charge on any atom is 0.356 e. The van der Waals surface area contributed by atoms with Crippen LogP contribution < -0.4 is 0 Å². The zero-order valence-corrected chi connectivity index (χ0v) is 22.5. The van der Waals surface area contributed by atoms with E-state index in [-0.39, 0.29) is 6.10 Å². The number of ether oxygens (including phenoxy) is 2. The van der Waals surface area contributed by atoms with E-state index in [2.05, 4.69) is 39.3 Å². The molecule has 0 bridgehead atoms. The van der Waals surface area contributed by atoms with Crippen molar-refractivity contribution >= 4 is 37.1 Å². The standard InChI is InChI=1S/C20H40O6Si3/c1-9-20(29(8,25-27(2,3)4)26-28(5,6)7)24-19(22)16-15-18(21)23-17-13-11-10-12-14-17/h15-17,20H,9-14H2,1-8H3/b16-15+. The highest BCUT2D eigenvalue weighted by atomic mass is 28.5. The fraction of sp³-hybridized carbons (Fsp3) is 0.800. The predicted molar refractivity (Wildman–Crippen MR) is 123 cm³/mol. The quantitative estimate of drug-likeness (QED) is 0.258. The lowest BCUT2D eigenvalue weighted by atomic mass is 9.98. The van der Waals surface area contributed by atoms with Crippen LogP contribution in [0.25, 0.3) is 0 Å². The van der Waals surface area contributed by atoms with Crippen LogP contribution in [0, 0.1) is 0 Å². The summed E-state index contributed by atoms with van der Waals surface area (Å²) < 4.78 is 24.1. The van der Waals surface area contributed by atoms with Crippen LogP contribution in [-0.4, -0.2) is 49.0 Å². The molecule has 1 atom stereocenters. The first-order valence-electron chi connectivity index (χ1n) is 10.7. The number of hydrogen-bond acceptors (Lipinski definition) is 6. The highest BCUT2D eigenvalue weighted by Gasteiger charge is 2.48. The van der Waals surface area contributed by atoms with Gasteiger partial charge >= 0.3 is 20.5 Å². The highest BCUT2D eigenvalue weighted by Crippen LogP contribution is 2.27. The molecule has 0 saturated heterocycles.